The Kier molecular flexibility index (Phi) is 4.71. The summed E-state index contributed by atoms with van der Waals surface area (Å²) < 4.78 is 37.7. The summed E-state index contributed by atoms with van der Waals surface area (Å²) in [5.41, 5.74) is 0.501. The van der Waals surface area contributed by atoms with Crippen molar-refractivity contribution >= 4 is 28.5 Å². The monoisotopic (exact) mass is 359 g/mol. The number of aryl methyl sites for hydroxylation is 1. The molecule has 5 nitrogen and oxygen atoms in total. The maximum atomic E-state index is 13.6. The Hall–Kier alpha value is -3.22. The van der Waals surface area contributed by atoms with Crippen molar-refractivity contribution in [2.45, 2.75) is 20.0 Å². The molecule has 3 aromatic rings. The number of carbonyl (C=O) groups is 2. The Morgan fingerprint density at radius 1 is 1.08 bits per heavy atom. The molecule has 0 saturated carbocycles. The van der Waals surface area contributed by atoms with Crippen LogP contribution in [0.4, 0.5) is 14.5 Å². The quantitative estimate of drug-likeness (QED) is 0.709. The molecule has 1 heterocycles. The second-order valence-corrected chi connectivity index (χ2v) is 5.69. The number of para-hydroxylation sites is 2. The van der Waals surface area contributed by atoms with Crippen LogP contribution in [0.25, 0.3) is 11.0 Å². The van der Waals surface area contributed by atoms with Crippen LogP contribution in [0.1, 0.15) is 23.0 Å². The van der Waals surface area contributed by atoms with Gasteiger partial charge in [-0.05, 0) is 32.0 Å². The number of rotatable bonds is 4. The third kappa shape index (κ3) is 3.28. The molecule has 0 fully saturated rings. The van der Waals surface area contributed by atoms with Gasteiger partial charge in [0.15, 0.2) is 6.10 Å². The number of fused-ring (bicyclic) bond motifs is 1. The number of benzene rings is 2. The van der Waals surface area contributed by atoms with Crippen molar-refractivity contribution in [2.75, 3.05) is 5.32 Å². The highest BCUT2D eigenvalue weighted by atomic mass is 19.1. The van der Waals surface area contributed by atoms with E-state index < -0.39 is 35.3 Å². The van der Waals surface area contributed by atoms with E-state index in [1.807, 2.05) is 0 Å². The highest BCUT2D eigenvalue weighted by Crippen LogP contribution is 2.26. The second kappa shape index (κ2) is 6.95. The molecule has 0 aliphatic carbocycles. The van der Waals surface area contributed by atoms with Crippen LogP contribution in [0.15, 0.2) is 46.9 Å². The zero-order valence-corrected chi connectivity index (χ0v) is 14.0. The van der Waals surface area contributed by atoms with Crippen LogP contribution in [0.2, 0.25) is 0 Å². The van der Waals surface area contributed by atoms with Gasteiger partial charge >= 0.3 is 5.97 Å². The molecule has 26 heavy (non-hydrogen) atoms. The molecule has 134 valence electrons. The van der Waals surface area contributed by atoms with E-state index in [0.717, 1.165) is 17.5 Å². The summed E-state index contributed by atoms with van der Waals surface area (Å²) in [5.74, 6) is -3.58. The van der Waals surface area contributed by atoms with Crippen LogP contribution in [-0.4, -0.2) is 18.0 Å². The molecule has 0 aliphatic rings. The lowest BCUT2D eigenvalue weighted by Gasteiger charge is -2.13. The van der Waals surface area contributed by atoms with Crippen molar-refractivity contribution in [3.8, 4) is 0 Å². The highest BCUT2D eigenvalue weighted by molar-refractivity contribution is 5.99. The summed E-state index contributed by atoms with van der Waals surface area (Å²) in [6.45, 7) is 2.99. The van der Waals surface area contributed by atoms with Gasteiger partial charge in [-0.3, -0.25) is 4.79 Å². The number of anilines is 1. The molecule has 3 rings (SSSR count). The van der Waals surface area contributed by atoms with Crippen molar-refractivity contribution in [2.24, 2.45) is 0 Å². The van der Waals surface area contributed by atoms with Gasteiger partial charge in [-0.15, -0.1) is 0 Å². The number of furan rings is 1. The SMILES string of the molecule is Cc1c(C(=O)O[C@H](C)C(=O)Nc2c(F)cccc2F)oc2ccccc12. The lowest BCUT2D eigenvalue weighted by atomic mass is 10.1. The average molecular weight is 359 g/mol. The third-order valence-corrected chi connectivity index (χ3v) is 3.89. The van der Waals surface area contributed by atoms with E-state index in [2.05, 4.69) is 5.32 Å². The van der Waals surface area contributed by atoms with Crippen molar-refractivity contribution < 1.29 is 27.5 Å². The van der Waals surface area contributed by atoms with Crippen LogP contribution in [0.5, 0.6) is 0 Å². The Balaban J connectivity index is 1.74. The molecule has 1 atom stereocenters. The molecule has 1 amide bonds. The van der Waals surface area contributed by atoms with Gasteiger partial charge in [0.05, 0.1) is 0 Å². The topological polar surface area (TPSA) is 68.5 Å². The molecule has 0 bridgehead atoms. The average Bonchev–Trinajstić information content (AvgIpc) is 2.95. The van der Waals surface area contributed by atoms with E-state index in [0.29, 0.717) is 11.1 Å². The van der Waals surface area contributed by atoms with Gasteiger partial charge in [-0.1, -0.05) is 24.3 Å². The smallest absolute Gasteiger partial charge is 0.375 e. The number of nitrogens with one attached hydrogen (secondary N) is 1. The molecule has 1 N–H and O–H groups in total. The fourth-order valence-electron chi connectivity index (χ4n) is 2.48. The maximum Gasteiger partial charge on any atom is 0.375 e. The number of ether oxygens (including phenoxy) is 1. The van der Waals surface area contributed by atoms with E-state index in [1.54, 1.807) is 31.2 Å². The molecule has 7 heteroatoms. The Morgan fingerprint density at radius 2 is 1.73 bits per heavy atom. The molecule has 0 spiro atoms. The summed E-state index contributed by atoms with van der Waals surface area (Å²) in [4.78, 5) is 24.4. The molecule has 0 radical (unpaired) electrons. The predicted molar refractivity (Wildman–Crippen MR) is 90.8 cm³/mol. The lowest BCUT2D eigenvalue weighted by molar-refractivity contribution is -0.123. The molecular weight excluding hydrogens is 344 g/mol. The van der Waals surface area contributed by atoms with Gasteiger partial charge in [-0.2, -0.15) is 0 Å². The normalized spacial score (nSPS) is 12.0. The first kappa shape index (κ1) is 17.6. The van der Waals surface area contributed by atoms with Gasteiger partial charge in [-0.25, -0.2) is 13.6 Å². The minimum atomic E-state index is -1.28. The van der Waals surface area contributed by atoms with Gasteiger partial charge in [0.2, 0.25) is 5.76 Å². The van der Waals surface area contributed by atoms with Crippen molar-refractivity contribution in [3.05, 3.63) is 65.4 Å². The minimum Gasteiger partial charge on any atom is -0.449 e. The van der Waals surface area contributed by atoms with Crippen molar-refractivity contribution in [1.82, 2.24) is 0 Å². The molecule has 2 aromatic carbocycles. The number of hydrogen-bond acceptors (Lipinski definition) is 4. The summed E-state index contributed by atoms with van der Waals surface area (Å²) in [6, 6.07) is 10.3. The first-order chi connectivity index (χ1) is 12.4. The summed E-state index contributed by atoms with van der Waals surface area (Å²) >= 11 is 0. The van der Waals surface area contributed by atoms with E-state index in [-0.39, 0.29) is 5.76 Å². The first-order valence-corrected chi connectivity index (χ1v) is 7.82. The van der Waals surface area contributed by atoms with Crippen molar-refractivity contribution in [1.29, 1.82) is 0 Å². The zero-order chi connectivity index (χ0) is 18.8. The predicted octanol–water partition coefficient (Wildman–Crippen LogP) is 4.20. The molecular formula is C19H15F2NO4. The largest absolute Gasteiger partial charge is 0.449 e. The Morgan fingerprint density at radius 3 is 2.38 bits per heavy atom. The summed E-state index contributed by atoms with van der Waals surface area (Å²) in [5, 5.41) is 2.83. The molecule has 0 saturated heterocycles. The molecule has 0 unspecified atom stereocenters. The standard InChI is InChI=1S/C19H15F2NO4/c1-10-12-6-3-4-9-15(12)26-17(10)19(24)25-11(2)18(23)22-16-13(20)7-5-8-14(16)21/h3-9,11H,1-2H3,(H,22,23)/t11-/m1/s1. The number of esters is 1. The van der Waals surface area contributed by atoms with E-state index in [1.165, 1.54) is 13.0 Å². The van der Waals surface area contributed by atoms with Crippen molar-refractivity contribution in [3.63, 3.8) is 0 Å². The van der Waals surface area contributed by atoms with E-state index >= 15 is 0 Å². The first-order valence-electron chi connectivity index (χ1n) is 7.82. The highest BCUT2D eigenvalue weighted by Gasteiger charge is 2.25. The van der Waals surface area contributed by atoms with Gasteiger partial charge in [0, 0.05) is 10.9 Å². The molecule has 0 aliphatic heterocycles. The van der Waals surface area contributed by atoms with Crippen LogP contribution in [0, 0.1) is 18.6 Å². The van der Waals surface area contributed by atoms with E-state index in [4.69, 9.17) is 9.15 Å². The number of amides is 1. The minimum absolute atomic E-state index is 0.0251. The van der Waals surface area contributed by atoms with E-state index in [9.17, 15) is 18.4 Å². The van der Waals surface area contributed by atoms with Crippen LogP contribution in [0.3, 0.4) is 0 Å². The second-order valence-electron chi connectivity index (χ2n) is 5.69. The summed E-state index contributed by atoms with van der Waals surface area (Å²) in [7, 11) is 0. The maximum absolute atomic E-state index is 13.6. The Labute approximate surface area is 147 Å². The zero-order valence-electron chi connectivity index (χ0n) is 14.0. The van der Waals surface area contributed by atoms with Gasteiger partial charge in [0.25, 0.3) is 5.91 Å². The fraction of sp³-hybridized carbons (Fsp3) is 0.158. The van der Waals surface area contributed by atoms with Gasteiger partial charge in [0.1, 0.15) is 22.9 Å². The number of carbonyl (C=O) groups excluding carboxylic acids is 2. The Bertz CT molecular complexity index is 976. The van der Waals surface area contributed by atoms with Gasteiger partial charge < -0.3 is 14.5 Å². The number of halogens is 2. The number of hydrogen-bond donors (Lipinski definition) is 1. The molecule has 1 aromatic heterocycles. The fourth-order valence-corrected chi connectivity index (χ4v) is 2.48. The van der Waals surface area contributed by atoms with Crippen LogP contribution < -0.4 is 5.32 Å². The lowest BCUT2D eigenvalue weighted by Crippen LogP contribution is -2.30. The summed E-state index contributed by atoms with van der Waals surface area (Å²) in [6.07, 6.45) is -1.28. The third-order valence-electron chi connectivity index (χ3n) is 3.89. The van der Waals surface area contributed by atoms with Crippen LogP contribution >= 0.6 is 0 Å². The van der Waals surface area contributed by atoms with Crippen LogP contribution in [-0.2, 0) is 9.53 Å².